The number of carbonyl (C=O) groups excluding carboxylic acids is 2. The van der Waals surface area contributed by atoms with E-state index in [9.17, 15) is 14.0 Å². The van der Waals surface area contributed by atoms with Gasteiger partial charge in [-0.1, -0.05) is 0 Å². The molecule has 4 N–H and O–H groups in total. The predicted molar refractivity (Wildman–Crippen MR) is 147 cm³/mol. The van der Waals surface area contributed by atoms with Gasteiger partial charge in [0.05, 0.1) is 19.7 Å². The van der Waals surface area contributed by atoms with Crippen LogP contribution in [0, 0.1) is 19.7 Å². The van der Waals surface area contributed by atoms with E-state index in [1.54, 1.807) is 50.7 Å². The standard InChI is InChI=1S/C29H27FN4O5/c1-16-11-20(34-29(36)22(15-31)28(35)33-19-7-5-18(30)6-8-19)12-17(2)27(16)39-24-9-10-32-23-14-26(38-4)25(37-3)13-21(23)24/h5-15H,31H2,1-4H3,(H,33,35)(H,34,36)/b22-15+. The number of halogens is 1. The number of aryl methyl sites for hydroxylation is 2. The molecule has 1 aromatic heterocycles. The second kappa shape index (κ2) is 11.5. The van der Waals surface area contributed by atoms with Gasteiger partial charge in [0, 0.05) is 35.2 Å². The number of benzene rings is 3. The highest BCUT2D eigenvalue weighted by Crippen LogP contribution is 2.38. The number of nitrogens with two attached hydrogens (primary N) is 1. The monoisotopic (exact) mass is 530 g/mol. The van der Waals surface area contributed by atoms with Crippen molar-refractivity contribution in [1.29, 1.82) is 0 Å². The van der Waals surface area contributed by atoms with E-state index in [1.165, 1.54) is 24.3 Å². The van der Waals surface area contributed by atoms with Gasteiger partial charge in [0.25, 0.3) is 11.8 Å². The number of pyridine rings is 1. The van der Waals surface area contributed by atoms with Crippen molar-refractivity contribution in [2.24, 2.45) is 5.73 Å². The van der Waals surface area contributed by atoms with E-state index in [0.29, 0.717) is 39.9 Å². The molecule has 0 fully saturated rings. The zero-order valence-corrected chi connectivity index (χ0v) is 21.8. The van der Waals surface area contributed by atoms with Gasteiger partial charge in [0.2, 0.25) is 0 Å². The number of nitrogens with one attached hydrogen (secondary N) is 2. The minimum Gasteiger partial charge on any atom is -0.493 e. The molecule has 0 aliphatic rings. The fourth-order valence-corrected chi connectivity index (χ4v) is 4.01. The van der Waals surface area contributed by atoms with E-state index < -0.39 is 17.6 Å². The second-order valence-electron chi connectivity index (χ2n) is 8.57. The first-order valence-electron chi connectivity index (χ1n) is 11.8. The van der Waals surface area contributed by atoms with Gasteiger partial charge in [-0.2, -0.15) is 0 Å². The third-order valence-electron chi connectivity index (χ3n) is 5.90. The van der Waals surface area contributed by atoms with Crippen molar-refractivity contribution in [3.8, 4) is 23.0 Å². The van der Waals surface area contributed by atoms with Gasteiger partial charge < -0.3 is 30.6 Å². The number of nitrogens with zero attached hydrogens (tertiary/aromatic N) is 1. The Morgan fingerprint density at radius 2 is 1.44 bits per heavy atom. The number of amides is 2. The van der Waals surface area contributed by atoms with E-state index in [4.69, 9.17) is 19.9 Å². The van der Waals surface area contributed by atoms with Crippen molar-refractivity contribution >= 4 is 34.1 Å². The molecule has 0 aliphatic carbocycles. The van der Waals surface area contributed by atoms with Crippen LogP contribution in [0.25, 0.3) is 10.9 Å². The lowest BCUT2D eigenvalue weighted by Gasteiger charge is -2.17. The molecular formula is C29H27FN4O5. The zero-order valence-electron chi connectivity index (χ0n) is 21.8. The van der Waals surface area contributed by atoms with E-state index in [0.717, 1.165) is 22.7 Å². The maximum absolute atomic E-state index is 13.1. The predicted octanol–water partition coefficient (Wildman–Crippen LogP) is 5.22. The summed E-state index contributed by atoms with van der Waals surface area (Å²) in [6.07, 6.45) is 2.56. The summed E-state index contributed by atoms with van der Waals surface area (Å²) in [7, 11) is 3.11. The third kappa shape index (κ3) is 5.90. The summed E-state index contributed by atoms with van der Waals surface area (Å²) >= 11 is 0. The molecule has 3 aromatic carbocycles. The largest absolute Gasteiger partial charge is 0.493 e. The number of hydrogen-bond donors (Lipinski definition) is 3. The summed E-state index contributed by atoms with van der Waals surface area (Å²) < 4.78 is 30.2. The second-order valence-corrected chi connectivity index (χ2v) is 8.57. The molecule has 200 valence electrons. The molecule has 0 aliphatic heterocycles. The van der Waals surface area contributed by atoms with Crippen LogP contribution in [0.4, 0.5) is 15.8 Å². The molecule has 0 bridgehead atoms. The summed E-state index contributed by atoms with van der Waals surface area (Å²) in [6, 6.07) is 13.9. The fraction of sp³-hybridized carbons (Fsp3) is 0.138. The molecule has 9 nitrogen and oxygen atoms in total. The normalized spacial score (nSPS) is 11.2. The Kier molecular flexibility index (Phi) is 7.95. The lowest BCUT2D eigenvalue weighted by Crippen LogP contribution is -2.26. The van der Waals surface area contributed by atoms with Crippen molar-refractivity contribution in [3.05, 3.63) is 89.5 Å². The van der Waals surface area contributed by atoms with Crippen LogP contribution in [0.15, 0.2) is 72.6 Å². The molecule has 0 saturated heterocycles. The molecule has 4 rings (SSSR count). The average Bonchev–Trinajstić information content (AvgIpc) is 2.91. The molecular weight excluding hydrogens is 503 g/mol. The number of rotatable bonds is 8. The summed E-state index contributed by atoms with van der Waals surface area (Å²) in [6.45, 7) is 3.68. The van der Waals surface area contributed by atoms with E-state index >= 15 is 0 Å². The highest BCUT2D eigenvalue weighted by Gasteiger charge is 2.20. The number of ether oxygens (including phenoxy) is 3. The van der Waals surface area contributed by atoms with Crippen LogP contribution in [-0.4, -0.2) is 31.0 Å². The lowest BCUT2D eigenvalue weighted by atomic mass is 10.1. The maximum atomic E-state index is 13.1. The molecule has 0 atom stereocenters. The number of methoxy groups -OCH3 is 2. The van der Waals surface area contributed by atoms with Crippen LogP contribution in [-0.2, 0) is 9.59 Å². The number of fused-ring (bicyclic) bond motifs is 1. The van der Waals surface area contributed by atoms with Gasteiger partial charge in [-0.15, -0.1) is 0 Å². The Morgan fingerprint density at radius 1 is 0.846 bits per heavy atom. The molecule has 39 heavy (non-hydrogen) atoms. The molecule has 0 unspecified atom stereocenters. The number of hydrogen-bond acceptors (Lipinski definition) is 7. The smallest absolute Gasteiger partial charge is 0.262 e. The quantitative estimate of drug-likeness (QED) is 0.162. The molecule has 1 heterocycles. The van der Waals surface area contributed by atoms with E-state index in [-0.39, 0.29) is 5.57 Å². The SMILES string of the molecule is COc1cc2nccc(Oc3c(C)cc(NC(=O)/C(=C/N)C(=O)Nc4ccc(F)cc4)cc3C)c2cc1OC. The summed E-state index contributed by atoms with van der Waals surface area (Å²) in [5.41, 5.74) is 8.19. The van der Waals surface area contributed by atoms with Crippen molar-refractivity contribution in [3.63, 3.8) is 0 Å². The molecule has 10 heteroatoms. The van der Waals surface area contributed by atoms with Crippen LogP contribution in [0.1, 0.15) is 11.1 Å². The van der Waals surface area contributed by atoms with Crippen LogP contribution >= 0.6 is 0 Å². The molecule has 0 saturated carbocycles. The number of carbonyl (C=O) groups is 2. The highest BCUT2D eigenvalue weighted by molar-refractivity contribution is 6.26. The molecule has 0 spiro atoms. The average molecular weight is 531 g/mol. The van der Waals surface area contributed by atoms with Crippen molar-refractivity contribution in [1.82, 2.24) is 4.98 Å². The van der Waals surface area contributed by atoms with Gasteiger partial charge in [0.1, 0.15) is 22.9 Å². The summed E-state index contributed by atoms with van der Waals surface area (Å²) in [5, 5.41) is 5.95. The summed E-state index contributed by atoms with van der Waals surface area (Å²) in [5.74, 6) is 0.377. The fourth-order valence-electron chi connectivity index (χ4n) is 4.01. The third-order valence-corrected chi connectivity index (χ3v) is 5.90. The van der Waals surface area contributed by atoms with E-state index in [2.05, 4.69) is 15.6 Å². The van der Waals surface area contributed by atoms with Gasteiger partial charge in [0.15, 0.2) is 11.5 Å². The highest BCUT2D eigenvalue weighted by atomic mass is 19.1. The summed E-state index contributed by atoms with van der Waals surface area (Å²) in [4.78, 5) is 29.8. The first kappa shape index (κ1) is 26.9. The van der Waals surface area contributed by atoms with Crippen LogP contribution in [0.5, 0.6) is 23.0 Å². The lowest BCUT2D eigenvalue weighted by molar-refractivity contribution is -0.118. The van der Waals surface area contributed by atoms with Gasteiger partial charge in [-0.3, -0.25) is 14.6 Å². The number of anilines is 2. The topological polar surface area (TPSA) is 125 Å². The minimum absolute atomic E-state index is 0.303. The maximum Gasteiger partial charge on any atom is 0.262 e. The first-order chi connectivity index (χ1) is 18.7. The Morgan fingerprint density at radius 3 is 2.03 bits per heavy atom. The Hall–Kier alpha value is -5.12. The van der Waals surface area contributed by atoms with Gasteiger partial charge in [-0.25, -0.2) is 4.39 Å². The van der Waals surface area contributed by atoms with Crippen molar-refractivity contribution in [2.75, 3.05) is 24.9 Å². The van der Waals surface area contributed by atoms with Crippen molar-refractivity contribution < 1.29 is 28.2 Å². The van der Waals surface area contributed by atoms with E-state index in [1.807, 2.05) is 13.8 Å². The van der Waals surface area contributed by atoms with Gasteiger partial charge >= 0.3 is 0 Å². The molecule has 4 aromatic rings. The molecule has 2 amide bonds. The minimum atomic E-state index is -0.730. The number of aromatic nitrogens is 1. The Bertz CT molecular complexity index is 1560. The Labute approximate surface area is 224 Å². The van der Waals surface area contributed by atoms with Crippen LogP contribution in [0.2, 0.25) is 0 Å². The van der Waals surface area contributed by atoms with Crippen LogP contribution in [0.3, 0.4) is 0 Å². The zero-order chi connectivity index (χ0) is 28.1. The van der Waals surface area contributed by atoms with Crippen molar-refractivity contribution in [2.45, 2.75) is 13.8 Å². The first-order valence-corrected chi connectivity index (χ1v) is 11.8. The van der Waals surface area contributed by atoms with Crippen LogP contribution < -0.4 is 30.6 Å². The molecule has 0 radical (unpaired) electrons. The van der Waals surface area contributed by atoms with Gasteiger partial charge in [-0.05, 0) is 73.5 Å². The Balaban J connectivity index is 1.54.